The molecule has 132 valence electrons. The lowest BCUT2D eigenvalue weighted by Gasteiger charge is -2.17. The molecular weight excluding hydrogens is 330 g/mol. The van der Waals surface area contributed by atoms with E-state index >= 15 is 0 Å². The molecular formula is C20H19N3O3. The summed E-state index contributed by atoms with van der Waals surface area (Å²) < 4.78 is 0. The molecule has 2 heterocycles. The first-order valence-corrected chi connectivity index (χ1v) is 8.65. The van der Waals surface area contributed by atoms with Gasteiger partial charge in [0.2, 0.25) is 0 Å². The molecule has 1 aliphatic rings. The minimum atomic E-state index is -0.913. The van der Waals surface area contributed by atoms with Crippen molar-refractivity contribution in [2.45, 2.75) is 12.8 Å². The van der Waals surface area contributed by atoms with Crippen LogP contribution in [0.5, 0.6) is 0 Å². The number of hydrogen-bond donors (Lipinski definition) is 2. The van der Waals surface area contributed by atoms with E-state index in [0.717, 1.165) is 36.0 Å². The second-order valence-corrected chi connectivity index (χ2v) is 6.75. The molecule has 0 aliphatic carbocycles. The Morgan fingerprint density at radius 3 is 2.92 bits per heavy atom. The van der Waals surface area contributed by atoms with E-state index in [1.165, 1.54) is 0 Å². The normalized spacial score (nSPS) is 16.9. The highest BCUT2D eigenvalue weighted by atomic mass is 16.4. The van der Waals surface area contributed by atoms with E-state index in [0.29, 0.717) is 23.6 Å². The number of nitrogens with one attached hydrogen (secondary N) is 1. The van der Waals surface area contributed by atoms with Crippen LogP contribution < -0.4 is 0 Å². The van der Waals surface area contributed by atoms with Gasteiger partial charge in [-0.3, -0.25) is 4.79 Å². The zero-order chi connectivity index (χ0) is 18.1. The lowest BCUT2D eigenvalue weighted by Crippen LogP contribution is -2.28. The standard InChI is InChI=1S/C20H19N3O3/c24-19(15-4-5-17-18(10-15)22-12-21-17)23-7-6-14(11-23)8-13-2-1-3-16(9-13)20(25)26/h1-5,9-10,12,14H,6-8,11H2,(H,21,22)(H,25,26)/t14-/m0/s1. The van der Waals surface area contributed by atoms with Gasteiger partial charge < -0.3 is 15.0 Å². The number of amides is 1. The number of aromatic amines is 1. The summed E-state index contributed by atoms with van der Waals surface area (Å²) in [6.07, 6.45) is 3.33. The van der Waals surface area contributed by atoms with Crippen LogP contribution in [0.15, 0.2) is 48.8 Å². The Kier molecular flexibility index (Phi) is 4.16. The molecule has 0 unspecified atom stereocenters. The topological polar surface area (TPSA) is 86.3 Å². The summed E-state index contributed by atoms with van der Waals surface area (Å²) in [5.74, 6) is -0.536. The Morgan fingerprint density at radius 2 is 2.08 bits per heavy atom. The van der Waals surface area contributed by atoms with Crippen molar-refractivity contribution in [1.82, 2.24) is 14.9 Å². The molecule has 1 aromatic heterocycles. The van der Waals surface area contributed by atoms with Gasteiger partial charge in [-0.25, -0.2) is 9.78 Å². The molecule has 0 radical (unpaired) electrons. The van der Waals surface area contributed by atoms with E-state index in [1.54, 1.807) is 24.5 Å². The van der Waals surface area contributed by atoms with E-state index in [2.05, 4.69) is 9.97 Å². The fraction of sp³-hybridized carbons (Fsp3) is 0.250. The molecule has 2 N–H and O–H groups in total. The molecule has 6 nitrogen and oxygen atoms in total. The van der Waals surface area contributed by atoms with E-state index in [-0.39, 0.29) is 5.91 Å². The molecule has 1 saturated heterocycles. The van der Waals surface area contributed by atoms with Crippen molar-refractivity contribution in [1.29, 1.82) is 0 Å². The van der Waals surface area contributed by atoms with Crippen LogP contribution in [0, 0.1) is 5.92 Å². The van der Waals surface area contributed by atoms with Crippen molar-refractivity contribution in [2.75, 3.05) is 13.1 Å². The smallest absolute Gasteiger partial charge is 0.335 e. The van der Waals surface area contributed by atoms with Crippen LogP contribution in [0.4, 0.5) is 0 Å². The summed E-state index contributed by atoms with van der Waals surface area (Å²) in [5.41, 5.74) is 3.68. The summed E-state index contributed by atoms with van der Waals surface area (Å²) in [5, 5.41) is 9.11. The van der Waals surface area contributed by atoms with E-state index in [1.807, 2.05) is 29.2 Å². The lowest BCUT2D eigenvalue weighted by atomic mass is 9.97. The minimum absolute atomic E-state index is 0.0308. The first-order chi connectivity index (χ1) is 12.6. The van der Waals surface area contributed by atoms with Crippen molar-refractivity contribution in [3.8, 4) is 0 Å². The Bertz CT molecular complexity index is 979. The third kappa shape index (κ3) is 3.18. The number of carbonyl (C=O) groups is 2. The van der Waals surface area contributed by atoms with Gasteiger partial charge in [-0.05, 0) is 54.7 Å². The molecule has 6 heteroatoms. The highest BCUT2D eigenvalue weighted by molar-refractivity contribution is 5.97. The second-order valence-electron chi connectivity index (χ2n) is 6.75. The summed E-state index contributed by atoms with van der Waals surface area (Å²) in [4.78, 5) is 33.0. The van der Waals surface area contributed by atoms with Gasteiger partial charge in [-0.1, -0.05) is 12.1 Å². The third-order valence-corrected chi connectivity index (χ3v) is 4.94. The summed E-state index contributed by atoms with van der Waals surface area (Å²) in [7, 11) is 0. The number of likely N-dealkylation sites (tertiary alicyclic amines) is 1. The first-order valence-electron chi connectivity index (χ1n) is 8.65. The maximum Gasteiger partial charge on any atom is 0.335 e. The maximum atomic E-state index is 12.8. The highest BCUT2D eigenvalue weighted by Crippen LogP contribution is 2.24. The number of imidazole rings is 1. The number of carbonyl (C=O) groups excluding carboxylic acids is 1. The van der Waals surface area contributed by atoms with Crippen LogP contribution in [-0.2, 0) is 6.42 Å². The fourth-order valence-electron chi connectivity index (χ4n) is 3.60. The third-order valence-electron chi connectivity index (χ3n) is 4.94. The van der Waals surface area contributed by atoms with Gasteiger partial charge in [-0.2, -0.15) is 0 Å². The summed E-state index contributed by atoms with van der Waals surface area (Å²) in [6, 6.07) is 12.5. The molecule has 2 aromatic carbocycles. The van der Waals surface area contributed by atoms with Crippen molar-refractivity contribution in [3.05, 3.63) is 65.5 Å². The largest absolute Gasteiger partial charge is 0.478 e. The van der Waals surface area contributed by atoms with Crippen LogP contribution >= 0.6 is 0 Å². The van der Waals surface area contributed by atoms with E-state index in [4.69, 9.17) is 5.11 Å². The molecule has 1 fully saturated rings. The zero-order valence-electron chi connectivity index (χ0n) is 14.2. The van der Waals surface area contributed by atoms with Crippen LogP contribution in [0.3, 0.4) is 0 Å². The predicted molar refractivity (Wildman–Crippen MR) is 97.2 cm³/mol. The second kappa shape index (κ2) is 6.63. The molecule has 3 aromatic rings. The van der Waals surface area contributed by atoms with E-state index in [9.17, 15) is 9.59 Å². The molecule has 4 rings (SSSR count). The maximum absolute atomic E-state index is 12.8. The zero-order valence-corrected chi connectivity index (χ0v) is 14.2. The lowest BCUT2D eigenvalue weighted by molar-refractivity contribution is 0.0696. The van der Waals surface area contributed by atoms with Crippen LogP contribution in [0.1, 0.15) is 32.7 Å². The van der Waals surface area contributed by atoms with E-state index < -0.39 is 5.97 Å². The van der Waals surface area contributed by atoms with Crippen molar-refractivity contribution in [3.63, 3.8) is 0 Å². The average Bonchev–Trinajstić information content (AvgIpc) is 3.30. The van der Waals surface area contributed by atoms with Crippen molar-refractivity contribution < 1.29 is 14.7 Å². The number of benzene rings is 2. The Labute approximate surface area is 150 Å². The molecule has 0 bridgehead atoms. The number of carboxylic acid groups (broad SMARTS) is 1. The average molecular weight is 349 g/mol. The first kappa shape index (κ1) is 16.3. The number of rotatable bonds is 4. The van der Waals surface area contributed by atoms with Crippen LogP contribution in [-0.4, -0.2) is 44.9 Å². The molecule has 0 spiro atoms. The minimum Gasteiger partial charge on any atom is -0.478 e. The Hall–Kier alpha value is -3.15. The SMILES string of the molecule is O=C(O)c1cccc(C[C@@H]2CCN(C(=O)c3ccc4nc[nH]c4c3)C2)c1. The number of aromatic carboxylic acids is 1. The van der Waals surface area contributed by atoms with Gasteiger partial charge in [-0.15, -0.1) is 0 Å². The summed E-state index contributed by atoms with van der Waals surface area (Å²) in [6.45, 7) is 1.42. The van der Waals surface area contributed by atoms with Gasteiger partial charge in [0.1, 0.15) is 0 Å². The number of aromatic nitrogens is 2. The van der Waals surface area contributed by atoms with Gasteiger partial charge in [0.15, 0.2) is 0 Å². The van der Waals surface area contributed by atoms with Gasteiger partial charge >= 0.3 is 5.97 Å². The van der Waals surface area contributed by atoms with Gasteiger partial charge in [0.05, 0.1) is 22.9 Å². The summed E-state index contributed by atoms with van der Waals surface area (Å²) >= 11 is 0. The molecule has 1 atom stereocenters. The monoisotopic (exact) mass is 349 g/mol. The number of fused-ring (bicyclic) bond motifs is 1. The predicted octanol–water partition coefficient (Wildman–Crippen LogP) is 2.97. The number of hydrogen-bond acceptors (Lipinski definition) is 3. The number of carboxylic acids is 1. The molecule has 26 heavy (non-hydrogen) atoms. The van der Waals surface area contributed by atoms with Crippen molar-refractivity contribution >= 4 is 22.9 Å². The molecule has 1 aliphatic heterocycles. The van der Waals surface area contributed by atoms with Crippen LogP contribution in [0.2, 0.25) is 0 Å². The van der Waals surface area contributed by atoms with Gasteiger partial charge in [0, 0.05) is 18.7 Å². The quantitative estimate of drug-likeness (QED) is 0.758. The molecule has 1 amide bonds. The Morgan fingerprint density at radius 1 is 1.19 bits per heavy atom. The van der Waals surface area contributed by atoms with Gasteiger partial charge in [0.25, 0.3) is 5.91 Å². The molecule has 0 saturated carbocycles. The highest BCUT2D eigenvalue weighted by Gasteiger charge is 2.27. The van der Waals surface area contributed by atoms with Crippen LogP contribution in [0.25, 0.3) is 11.0 Å². The fourth-order valence-corrected chi connectivity index (χ4v) is 3.60. The Balaban J connectivity index is 1.43. The number of H-pyrrole nitrogens is 1. The van der Waals surface area contributed by atoms with Crippen molar-refractivity contribution in [2.24, 2.45) is 5.92 Å². The number of nitrogens with zero attached hydrogens (tertiary/aromatic N) is 2.